The van der Waals surface area contributed by atoms with Gasteiger partial charge in [-0.05, 0) is 5.56 Å². The van der Waals surface area contributed by atoms with Gasteiger partial charge < -0.3 is 20.4 Å². The molecule has 0 aliphatic rings. The number of hydrogen-bond acceptors (Lipinski definition) is 6. The second kappa shape index (κ2) is 12.2. The van der Waals surface area contributed by atoms with Crippen LogP contribution in [-0.4, -0.2) is 49.9 Å². The Hall–Kier alpha value is -2.52. The first-order chi connectivity index (χ1) is 10.1. The molecule has 0 amide bonds. The minimum absolute atomic E-state index is 0.434. The average molecular weight is 317 g/mol. The van der Waals surface area contributed by atoms with Crippen LogP contribution in [0.5, 0.6) is 0 Å². The Bertz CT molecular complexity index is 442. The topological polar surface area (TPSA) is 158 Å². The highest BCUT2D eigenvalue weighted by Crippen LogP contribution is 2.17. The largest absolute Gasteiger partial charge is 0.481 e. The van der Waals surface area contributed by atoms with E-state index in [4.69, 9.17) is 24.9 Å². The van der Waals surface area contributed by atoms with Crippen molar-refractivity contribution in [2.75, 3.05) is 6.61 Å². The second-order valence-corrected chi connectivity index (χ2v) is 3.93. The highest BCUT2D eigenvalue weighted by molar-refractivity contribution is 5.63. The molecule has 124 valence electrons. The van der Waals surface area contributed by atoms with Gasteiger partial charge in [0.1, 0.15) is 12.7 Å². The van der Waals surface area contributed by atoms with Crippen molar-refractivity contribution in [1.29, 1.82) is 0 Å². The van der Waals surface area contributed by atoms with Gasteiger partial charge in [0.15, 0.2) is 0 Å². The molecule has 9 nitrogen and oxygen atoms in total. The van der Waals surface area contributed by atoms with Crippen molar-refractivity contribution in [2.45, 2.75) is 26.0 Å². The minimum atomic E-state index is -1.36. The molecule has 9 heteroatoms. The van der Waals surface area contributed by atoms with Crippen LogP contribution in [0.4, 0.5) is 0 Å². The maximum Gasteiger partial charge on any atom is 0.300 e. The summed E-state index contributed by atoms with van der Waals surface area (Å²) >= 11 is 0. The number of nitro groups is 1. The summed E-state index contributed by atoms with van der Waals surface area (Å²) in [6.45, 7) is 1.49. The predicted octanol–water partition coefficient (Wildman–Crippen LogP) is 0.539. The number of carbonyl (C=O) groups is 2. The Balaban J connectivity index is 0. The van der Waals surface area contributed by atoms with Crippen molar-refractivity contribution < 1.29 is 34.9 Å². The molecule has 0 saturated heterocycles. The Morgan fingerprint density at radius 1 is 1.14 bits per heavy atom. The van der Waals surface area contributed by atoms with Crippen molar-refractivity contribution in [1.82, 2.24) is 0 Å². The van der Waals surface area contributed by atoms with E-state index in [1.54, 1.807) is 30.3 Å². The van der Waals surface area contributed by atoms with E-state index in [1.807, 2.05) is 0 Å². The van der Waals surface area contributed by atoms with Crippen LogP contribution < -0.4 is 0 Å². The minimum Gasteiger partial charge on any atom is -0.481 e. The van der Waals surface area contributed by atoms with Crippen LogP contribution in [0.15, 0.2) is 30.3 Å². The first kappa shape index (κ1) is 21.8. The molecule has 1 aromatic rings. The fourth-order valence-corrected chi connectivity index (χ4v) is 1.15. The molecule has 0 aliphatic carbocycles. The molecule has 2 unspecified atom stereocenters. The summed E-state index contributed by atoms with van der Waals surface area (Å²) in [6, 6.07) is 6.89. The Kier molecular flexibility index (Phi) is 12.1. The fraction of sp³-hybridized carbons (Fsp3) is 0.385. The number of hydrogen-bond donors (Lipinski definition) is 4. The SMILES string of the molecule is CC(=O)O.CC(=O)O.O=[N+]([O-])C(CO)C(O)c1ccccc1. The highest BCUT2D eigenvalue weighted by Gasteiger charge is 2.29. The van der Waals surface area contributed by atoms with E-state index in [0.29, 0.717) is 5.56 Å². The molecule has 0 spiro atoms. The zero-order valence-corrected chi connectivity index (χ0v) is 12.1. The number of benzene rings is 1. The lowest BCUT2D eigenvalue weighted by molar-refractivity contribution is -0.539. The van der Waals surface area contributed by atoms with Crippen molar-refractivity contribution in [3.8, 4) is 0 Å². The van der Waals surface area contributed by atoms with Gasteiger partial charge in [-0.3, -0.25) is 19.7 Å². The van der Waals surface area contributed by atoms with Crippen molar-refractivity contribution in [3.05, 3.63) is 46.0 Å². The first-order valence-electron chi connectivity index (χ1n) is 5.99. The van der Waals surface area contributed by atoms with E-state index in [9.17, 15) is 15.2 Å². The number of aliphatic hydroxyl groups excluding tert-OH is 2. The highest BCUT2D eigenvalue weighted by atomic mass is 16.6. The van der Waals surface area contributed by atoms with E-state index in [2.05, 4.69) is 0 Å². The lowest BCUT2D eigenvalue weighted by atomic mass is 10.0. The van der Waals surface area contributed by atoms with Gasteiger partial charge in [-0.2, -0.15) is 0 Å². The van der Waals surface area contributed by atoms with Gasteiger partial charge in [-0.15, -0.1) is 0 Å². The van der Waals surface area contributed by atoms with Gasteiger partial charge in [-0.25, -0.2) is 0 Å². The fourth-order valence-electron chi connectivity index (χ4n) is 1.15. The lowest BCUT2D eigenvalue weighted by Gasteiger charge is -2.13. The van der Waals surface area contributed by atoms with Gasteiger partial charge in [0.25, 0.3) is 18.0 Å². The van der Waals surface area contributed by atoms with Gasteiger partial charge >= 0.3 is 0 Å². The molecule has 0 aliphatic heterocycles. The molecule has 0 fully saturated rings. The molecule has 0 aromatic heterocycles. The van der Waals surface area contributed by atoms with Crippen LogP contribution in [0.25, 0.3) is 0 Å². The molecular formula is C13H19NO8. The molecule has 4 N–H and O–H groups in total. The van der Waals surface area contributed by atoms with Crippen LogP contribution in [0, 0.1) is 10.1 Å². The summed E-state index contributed by atoms with van der Waals surface area (Å²) in [7, 11) is 0. The molecule has 22 heavy (non-hydrogen) atoms. The molecule has 2 atom stereocenters. The predicted molar refractivity (Wildman–Crippen MR) is 75.9 cm³/mol. The number of nitrogens with zero attached hydrogens (tertiary/aromatic N) is 1. The Morgan fingerprint density at radius 2 is 1.50 bits per heavy atom. The van der Waals surface area contributed by atoms with Gasteiger partial charge in [0.2, 0.25) is 0 Å². The maximum atomic E-state index is 10.4. The summed E-state index contributed by atoms with van der Waals surface area (Å²) in [5, 5.41) is 43.5. The molecular weight excluding hydrogens is 298 g/mol. The monoisotopic (exact) mass is 317 g/mol. The molecule has 0 bridgehead atoms. The van der Waals surface area contributed by atoms with E-state index in [1.165, 1.54) is 0 Å². The standard InChI is InChI=1S/C9H11NO4.2C2H4O2/c11-6-8(10(13)14)9(12)7-4-2-1-3-5-7;2*1-2(3)4/h1-5,8-9,11-12H,6H2;2*1H3,(H,3,4). The number of aliphatic hydroxyl groups is 2. The lowest BCUT2D eigenvalue weighted by Crippen LogP contribution is -2.31. The van der Waals surface area contributed by atoms with Crippen molar-refractivity contribution in [2.24, 2.45) is 0 Å². The van der Waals surface area contributed by atoms with E-state index in [-0.39, 0.29) is 0 Å². The molecule has 1 aromatic carbocycles. The van der Waals surface area contributed by atoms with Crippen molar-refractivity contribution >= 4 is 11.9 Å². The van der Waals surface area contributed by atoms with Crippen LogP contribution in [0.1, 0.15) is 25.5 Å². The molecule has 0 heterocycles. The molecule has 0 saturated carbocycles. The average Bonchev–Trinajstić information content (AvgIpc) is 2.38. The third-order valence-electron chi connectivity index (χ3n) is 1.96. The third-order valence-corrected chi connectivity index (χ3v) is 1.96. The van der Waals surface area contributed by atoms with Crippen LogP contribution >= 0.6 is 0 Å². The molecule has 0 radical (unpaired) electrons. The van der Waals surface area contributed by atoms with Gasteiger partial charge in [0, 0.05) is 18.8 Å². The summed E-state index contributed by atoms with van der Waals surface area (Å²) in [6.07, 6.45) is -1.27. The first-order valence-corrected chi connectivity index (χ1v) is 5.99. The van der Waals surface area contributed by atoms with E-state index < -0.39 is 35.6 Å². The number of aliphatic carboxylic acids is 2. The summed E-state index contributed by atoms with van der Waals surface area (Å²) in [5.74, 6) is -1.67. The summed E-state index contributed by atoms with van der Waals surface area (Å²) < 4.78 is 0. The van der Waals surface area contributed by atoms with Gasteiger partial charge in [0.05, 0.1) is 0 Å². The maximum absolute atomic E-state index is 10.4. The summed E-state index contributed by atoms with van der Waals surface area (Å²) in [5.41, 5.74) is 0.434. The zero-order valence-electron chi connectivity index (χ0n) is 12.1. The van der Waals surface area contributed by atoms with Gasteiger partial charge in [-0.1, -0.05) is 30.3 Å². The van der Waals surface area contributed by atoms with Crippen LogP contribution in [0.2, 0.25) is 0 Å². The van der Waals surface area contributed by atoms with Crippen molar-refractivity contribution in [3.63, 3.8) is 0 Å². The number of rotatable bonds is 4. The Labute approximate surface area is 126 Å². The smallest absolute Gasteiger partial charge is 0.300 e. The number of carboxylic acid groups (broad SMARTS) is 2. The zero-order chi connectivity index (χ0) is 17.7. The quantitative estimate of drug-likeness (QED) is 0.462. The Morgan fingerprint density at radius 3 is 1.77 bits per heavy atom. The third kappa shape index (κ3) is 12.5. The normalized spacial score (nSPS) is 11.6. The summed E-state index contributed by atoms with van der Waals surface area (Å²) in [4.78, 5) is 27.7. The van der Waals surface area contributed by atoms with Crippen LogP contribution in [-0.2, 0) is 9.59 Å². The van der Waals surface area contributed by atoms with E-state index in [0.717, 1.165) is 13.8 Å². The second-order valence-electron chi connectivity index (χ2n) is 3.93. The number of carboxylic acids is 2. The molecule has 1 rings (SSSR count). The van der Waals surface area contributed by atoms with Crippen LogP contribution in [0.3, 0.4) is 0 Å². The van der Waals surface area contributed by atoms with E-state index >= 15 is 0 Å².